The number of amides is 1. The van der Waals surface area contributed by atoms with E-state index in [0.29, 0.717) is 11.6 Å². The van der Waals surface area contributed by atoms with Gasteiger partial charge in [0.15, 0.2) is 0 Å². The summed E-state index contributed by atoms with van der Waals surface area (Å²) in [6.07, 6.45) is 2.90. The lowest BCUT2D eigenvalue weighted by Crippen LogP contribution is -2.51. The number of anilines is 1. The highest BCUT2D eigenvalue weighted by Gasteiger charge is 2.30. The van der Waals surface area contributed by atoms with E-state index in [1.54, 1.807) is 24.3 Å². The molecule has 114 valence electrons. The van der Waals surface area contributed by atoms with E-state index in [0.717, 1.165) is 25.8 Å². The molecule has 1 saturated heterocycles. The standard InChI is InChI=1S/C16H22N2O3/c1-2-12-8-9-17-14(10-12)16(21)18(11-15(19)20)13-6-4-3-5-7-13/h3-7,12,14,17H,2,8-11H2,1H3,(H,19,20). The molecular formula is C16H22N2O3. The Bertz CT molecular complexity index is 490. The Kier molecular flexibility index (Phi) is 5.33. The lowest BCUT2D eigenvalue weighted by molar-refractivity contribution is -0.137. The number of carboxylic acids is 1. The highest BCUT2D eigenvalue weighted by atomic mass is 16.4. The smallest absolute Gasteiger partial charge is 0.323 e. The molecule has 2 atom stereocenters. The second-order valence-electron chi connectivity index (χ2n) is 5.46. The molecule has 0 bridgehead atoms. The molecule has 0 aromatic heterocycles. The molecule has 2 N–H and O–H groups in total. The third-order valence-electron chi connectivity index (χ3n) is 4.02. The molecule has 1 aromatic carbocycles. The minimum atomic E-state index is -1.00. The average molecular weight is 290 g/mol. The topological polar surface area (TPSA) is 69.6 Å². The highest BCUT2D eigenvalue weighted by molar-refractivity contribution is 6.00. The van der Waals surface area contributed by atoms with Gasteiger partial charge in [-0.1, -0.05) is 31.5 Å². The van der Waals surface area contributed by atoms with Gasteiger partial charge in [0.05, 0.1) is 6.04 Å². The number of nitrogens with zero attached hydrogens (tertiary/aromatic N) is 1. The van der Waals surface area contributed by atoms with Gasteiger partial charge in [0, 0.05) is 5.69 Å². The summed E-state index contributed by atoms with van der Waals surface area (Å²) in [7, 11) is 0. The normalized spacial score (nSPS) is 21.8. The summed E-state index contributed by atoms with van der Waals surface area (Å²) in [5, 5.41) is 12.3. The molecule has 1 aliphatic heterocycles. The number of rotatable bonds is 5. The van der Waals surface area contributed by atoms with E-state index in [1.807, 2.05) is 6.07 Å². The number of carboxylic acid groups (broad SMARTS) is 1. The van der Waals surface area contributed by atoms with Crippen molar-refractivity contribution in [3.63, 3.8) is 0 Å². The second kappa shape index (κ2) is 7.22. The molecule has 0 aliphatic carbocycles. The van der Waals surface area contributed by atoms with Gasteiger partial charge in [-0.15, -0.1) is 0 Å². The molecule has 1 aliphatic rings. The Hall–Kier alpha value is -1.88. The maximum atomic E-state index is 12.7. The van der Waals surface area contributed by atoms with E-state index >= 15 is 0 Å². The number of carbonyl (C=O) groups excluding carboxylic acids is 1. The van der Waals surface area contributed by atoms with Crippen LogP contribution in [0.15, 0.2) is 30.3 Å². The molecule has 1 fully saturated rings. The van der Waals surface area contributed by atoms with Gasteiger partial charge in [0.25, 0.3) is 0 Å². The summed E-state index contributed by atoms with van der Waals surface area (Å²) in [5.41, 5.74) is 0.630. The summed E-state index contributed by atoms with van der Waals surface area (Å²) in [6.45, 7) is 2.63. The van der Waals surface area contributed by atoms with E-state index in [4.69, 9.17) is 5.11 Å². The van der Waals surface area contributed by atoms with Gasteiger partial charge < -0.3 is 10.4 Å². The van der Waals surface area contributed by atoms with E-state index in [9.17, 15) is 9.59 Å². The molecule has 1 aromatic rings. The first-order valence-corrected chi connectivity index (χ1v) is 7.43. The fourth-order valence-electron chi connectivity index (χ4n) is 2.78. The summed E-state index contributed by atoms with van der Waals surface area (Å²) in [6, 6.07) is 8.70. The summed E-state index contributed by atoms with van der Waals surface area (Å²) < 4.78 is 0. The predicted octanol–water partition coefficient (Wildman–Crippen LogP) is 1.88. The number of hydrogen-bond acceptors (Lipinski definition) is 3. The number of hydrogen-bond donors (Lipinski definition) is 2. The van der Waals surface area contributed by atoms with Crippen LogP contribution in [0.3, 0.4) is 0 Å². The van der Waals surface area contributed by atoms with Gasteiger partial charge >= 0.3 is 5.97 Å². The third kappa shape index (κ3) is 4.04. The first kappa shape index (κ1) is 15.5. The van der Waals surface area contributed by atoms with Crippen molar-refractivity contribution in [2.24, 2.45) is 5.92 Å². The monoisotopic (exact) mass is 290 g/mol. The van der Waals surface area contributed by atoms with Crippen LogP contribution in [0.25, 0.3) is 0 Å². The van der Waals surface area contributed by atoms with Crippen LogP contribution < -0.4 is 10.2 Å². The molecule has 2 unspecified atom stereocenters. The fourth-order valence-corrected chi connectivity index (χ4v) is 2.78. The molecule has 1 heterocycles. The Morgan fingerprint density at radius 2 is 2.05 bits per heavy atom. The fraction of sp³-hybridized carbons (Fsp3) is 0.500. The van der Waals surface area contributed by atoms with Crippen molar-refractivity contribution >= 4 is 17.6 Å². The molecule has 5 heteroatoms. The van der Waals surface area contributed by atoms with Crippen LogP contribution in [-0.2, 0) is 9.59 Å². The summed E-state index contributed by atoms with van der Waals surface area (Å²) in [4.78, 5) is 25.1. The first-order valence-electron chi connectivity index (χ1n) is 7.43. The largest absolute Gasteiger partial charge is 0.480 e. The summed E-state index contributed by atoms with van der Waals surface area (Å²) >= 11 is 0. The van der Waals surface area contributed by atoms with Crippen molar-refractivity contribution < 1.29 is 14.7 Å². The number of carbonyl (C=O) groups is 2. The van der Waals surface area contributed by atoms with Gasteiger partial charge in [-0.25, -0.2) is 0 Å². The summed E-state index contributed by atoms with van der Waals surface area (Å²) in [5.74, 6) is -0.626. The lowest BCUT2D eigenvalue weighted by Gasteiger charge is -2.32. The van der Waals surface area contributed by atoms with Crippen LogP contribution >= 0.6 is 0 Å². The van der Waals surface area contributed by atoms with E-state index in [1.165, 1.54) is 4.90 Å². The molecule has 0 radical (unpaired) electrons. The van der Waals surface area contributed by atoms with Crippen molar-refractivity contribution in [3.05, 3.63) is 30.3 Å². The number of aliphatic carboxylic acids is 1. The first-order chi connectivity index (χ1) is 10.1. The van der Waals surface area contributed by atoms with Crippen molar-refractivity contribution in [1.82, 2.24) is 5.32 Å². The van der Waals surface area contributed by atoms with Crippen LogP contribution in [0, 0.1) is 5.92 Å². The number of nitrogens with one attached hydrogen (secondary N) is 1. The molecule has 0 saturated carbocycles. The Balaban J connectivity index is 2.16. The van der Waals surface area contributed by atoms with Gasteiger partial charge in [0.1, 0.15) is 6.54 Å². The predicted molar refractivity (Wildman–Crippen MR) is 81.2 cm³/mol. The highest BCUT2D eigenvalue weighted by Crippen LogP contribution is 2.22. The Labute approximate surface area is 125 Å². The van der Waals surface area contributed by atoms with Crippen LogP contribution in [0.5, 0.6) is 0 Å². The third-order valence-corrected chi connectivity index (χ3v) is 4.02. The number of piperidine rings is 1. The molecular weight excluding hydrogens is 268 g/mol. The van der Waals surface area contributed by atoms with Crippen molar-refractivity contribution in [2.45, 2.75) is 32.2 Å². The minimum Gasteiger partial charge on any atom is -0.480 e. The minimum absolute atomic E-state index is 0.151. The Morgan fingerprint density at radius 3 is 2.67 bits per heavy atom. The van der Waals surface area contributed by atoms with Crippen LogP contribution in [0.2, 0.25) is 0 Å². The van der Waals surface area contributed by atoms with Crippen molar-refractivity contribution in [1.29, 1.82) is 0 Å². The average Bonchev–Trinajstić information content (AvgIpc) is 2.52. The zero-order valence-electron chi connectivity index (χ0n) is 12.3. The van der Waals surface area contributed by atoms with Crippen LogP contribution in [0.4, 0.5) is 5.69 Å². The van der Waals surface area contributed by atoms with Gasteiger partial charge in [-0.3, -0.25) is 14.5 Å². The molecule has 2 rings (SSSR count). The molecule has 5 nitrogen and oxygen atoms in total. The lowest BCUT2D eigenvalue weighted by atomic mass is 9.90. The van der Waals surface area contributed by atoms with Gasteiger partial charge in [-0.05, 0) is 37.4 Å². The SMILES string of the molecule is CCC1CCNC(C(=O)N(CC(=O)O)c2ccccc2)C1. The van der Waals surface area contributed by atoms with Crippen molar-refractivity contribution in [2.75, 3.05) is 18.0 Å². The van der Waals surface area contributed by atoms with Crippen LogP contribution in [0.1, 0.15) is 26.2 Å². The maximum absolute atomic E-state index is 12.7. The quantitative estimate of drug-likeness (QED) is 0.868. The van der Waals surface area contributed by atoms with E-state index in [-0.39, 0.29) is 18.5 Å². The zero-order valence-corrected chi connectivity index (χ0v) is 12.3. The zero-order chi connectivity index (χ0) is 15.2. The number of benzene rings is 1. The van der Waals surface area contributed by atoms with Crippen LogP contribution in [-0.4, -0.2) is 36.1 Å². The second-order valence-corrected chi connectivity index (χ2v) is 5.46. The molecule has 21 heavy (non-hydrogen) atoms. The van der Waals surface area contributed by atoms with E-state index < -0.39 is 5.97 Å². The van der Waals surface area contributed by atoms with Gasteiger partial charge in [-0.2, -0.15) is 0 Å². The van der Waals surface area contributed by atoms with Crippen molar-refractivity contribution in [3.8, 4) is 0 Å². The maximum Gasteiger partial charge on any atom is 0.323 e. The molecule has 1 amide bonds. The Morgan fingerprint density at radius 1 is 1.33 bits per heavy atom. The van der Waals surface area contributed by atoms with Gasteiger partial charge in [0.2, 0.25) is 5.91 Å². The van der Waals surface area contributed by atoms with E-state index in [2.05, 4.69) is 12.2 Å². The molecule has 0 spiro atoms. The number of para-hydroxylation sites is 1.